The van der Waals surface area contributed by atoms with Gasteiger partial charge in [-0.05, 0) is 35.7 Å². The first kappa shape index (κ1) is 14.4. The molecule has 0 aromatic heterocycles. The highest BCUT2D eigenvalue weighted by molar-refractivity contribution is 5.86. The fourth-order valence-electron chi connectivity index (χ4n) is 2.81. The highest BCUT2D eigenvalue weighted by atomic mass is 16.5. The fourth-order valence-corrected chi connectivity index (χ4v) is 2.81. The van der Waals surface area contributed by atoms with Gasteiger partial charge in [-0.25, -0.2) is 4.79 Å². The number of aliphatic carboxylic acids is 1. The third-order valence-electron chi connectivity index (χ3n) is 3.94. The maximum atomic E-state index is 12.1. The number of likely N-dealkylation sites (tertiary alicyclic amines) is 1. The molecule has 1 saturated heterocycles. The number of carboxylic acid groups (broad SMARTS) is 1. The van der Waals surface area contributed by atoms with Crippen LogP contribution in [0.15, 0.2) is 42.5 Å². The van der Waals surface area contributed by atoms with Gasteiger partial charge in [-0.2, -0.15) is 0 Å². The van der Waals surface area contributed by atoms with Crippen molar-refractivity contribution < 1.29 is 19.4 Å². The van der Waals surface area contributed by atoms with Crippen molar-refractivity contribution >= 4 is 22.6 Å². The van der Waals surface area contributed by atoms with Crippen LogP contribution in [-0.2, 0) is 9.59 Å². The molecular formula is C17H17NO4. The molecule has 1 heterocycles. The van der Waals surface area contributed by atoms with Gasteiger partial charge in [-0.15, -0.1) is 0 Å². The van der Waals surface area contributed by atoms with E-state index in [9.17, 15) is 9.59 Å². The molecule has 0 unspecified atom stereocenters. The first-order chi connectivity index (χ1) is 10.6. The molecule has 0 radical (unpaired) electrons. The Balaban J connectivity index is 1.66. The van der Waals surface area contributed by atoms with Crippen molar-refractivity contribution in [3.8, 4) is 5.75 Å². The minimum atomic E-state index is -0.948. The lowest BCUT2D eigenvalue weighted by molar-refractivity contribution is -0.148. The number of amides is 1. The topological polar surface area (TPSA) is 66.8 Å². The summed E-state index contributed by atoms with van der Waals surface area (Å²) in [6, 6.07) is 12.8. The molecule has 0 aliphatic carbocycles. The monoisotopic (exact) mass is 299 g/mol. The fraction of sp³-hybridized carbons (Fsp3) is 0.294. The summed E-state index contributed by atoms with van der Waals surface area (Å²) in [5.41, 5.74) is 0. The zero-order valence-electron chi connectivity index (χ0n) is 12.1. The van der Waals surface area contributed by atoms with Gasteiger partial charge in [0, 0.05) is 6.54 Å². The third kappa shape index (κ3) is 2.88. The largest absolute Gasteiger partial charge is 0.484 e. The van der Waals surface area contributed by atoms with Crippen LogP contribution in [0.1, 0.15) is 12.8 Å². The minimum Gasteiger partial charge on any atom is -0.484 e. The highest BCUT2D eigenvalue weighted by Gasteiger charge is 2.33. The van der Waals surface area contributed by atoms with Crippen LogP contribution in [0.25, 0.3) is 10.8 Å². The Morgan fingerprint density at radius 1 is 1.18 bits per heavy atom. The Hall–Kier alpha value is -2.56. The van der Waals surface area contributed by atoms with Crippen molar-refractivity contribution in [2.75, 3.05) is 13.2 Å². The molecule has 5 nitrogen and oxygen atoms in total. The van der Waals surface area contributed by atoms with E-state index in [0.29, 0.717) is 18.7 Å². The van der Waals surface area contributed by atoms with Gasteiger partial charge < -0.3 is 14.7 Å². The number of fused-ring (bicyclic) bond motifs is 1. The molecule has 1 N–H and O–H groups in total. The van der Waals surface area contributed by atoms with E-state index in [1.54, 1.807) is 0 Å². The molecule has 1 fully saturated rings. The average Bonchev–Trinajstić information content (AvgIpc) is 3.02. The zero-order valence-corrected chi connectivity index (χ0v) is 12.1. The third-order valence-corrected chi connectivity index (χ3v) is 3.94. The Kier molecular flexibility index (Phi) is 3.96. The Bertz CT molecular complexity index is 713. The maximum Gasteiger partial charge on any atom is 0.326 e. The second kappa shape index (κ2) is 6.05. The van der Waals surface area contributed by atoms with Crippen molar-refractivity contribution in [3.63, 3.8) is 0 Å². The predicted molar refractivity (Wildman–Crippen MR) is 81.8 cm³/mol. The van der Waals surface area contributed by atoms with E-state index in [2.05, 4.69) is 0 Å². The van der Waals surface area contributed by atoms with E-state index in [0.717, 1.165) is 17.2 Å². The van der Waals surface area contributed by atoms with Crippen LogP contribution in [0.3, 0.4) is 0 Å². The molecule has 3 rings (SSSR count). The molecule has 22 heavy (non-hydrogen) atoms. The van der Waals surface area contributed by atoms with Gasteiger partial charge in [-0.3, -0.25) is 4.79 Å². The van der Waals surface area contributed by atoms with E-state index in [4.69, 9.17) is 9.84 Å². The van der Waals surface area contributed by atoms with Gasteiger partial charge in [0.25, 0.3) is 5.91 Å². The summed E-state index contributed by atoms with van der Waals surface area (Å²) in [5, 5.41) is 11.2. The second-order valence-electron chi connectivity index (χ2n) is 5.38. The Morgan fingerprint density at radius 2 is 1.95 bits per heavy atom. The Labute approximate surface area is 128 Å². The van der Waals surface area contributed by atoms with Crippen LogP contribution in [0, 0.1) is 0 Å². The molecule has 5 heteroatoms. The summed E-state index contributed by atoms with van der Waals surface area (Å²) in [6.07, 6.45) is 1.23. The van der Waals surface area contributed by atoms with Crippen LogP contribution < -0.4 is 4.74 Å². The van der Waals surface area contributed by atoms with Crippen molar-refractivity contribution in [1.29, 1.82) is 0 Å². The van der Waals surface area contributed by atoms with Gasteiger partial charge in [0.15, 0.2) is 6.61 Å². The summed E-state index contributed by atoms with van der Waals surface area (Å²) in [5.74, 6) is -0.618. The Morgan fingerprint density at radius 3 is 2.73 bits per heavy atom. The van der Waals surface area contributed by atoms with Crippen LogP contribution in [-0.4, -0.2) is 41.1 Å². The predicted octanol–water partition coefficient (Wildman–Crippen LogP) is 2.29. The number of carbonyl (C=O) groups is 2. The minimum absolute atomic E-state index is 0.137. The lowest BCUT2D eigenvalue weighted by Gasteiger charge is -2.21. The van der Waals surface area contributed by atoms with Gasteiger partial charge in [0.2, 0.25) is 0 Å². The first-order valence-electron chi connectivity index (χ1n) is 7.29. The van der Waals surface area contributed by atoms with Crippen molar-refractivity contribution in [3.05, 3.63) is 42.5 Å². The van der Waals surface area contributed by atoms with E-state index in [1.165, 1.54) is 4.90 Å². The number of carbonyl (C=O) groups excluding carboxylic acids is 1. The molecule has 1 amide bonds. The smallest absolute Gasteiger partial charge is 0.326 e. The number of benzene rings is 2. The van der Waals surface area contributed by atoms with Crippen LogP contribution >= 0.6 is 0 Å². The standard InChI is InChI=1S/C17H17NO4/c19-16(18-9-3-6-15(18)17(20)21)11-22-14-8-7-12-4-1-2-5-13(12)10-14/h1-2,4-5,7-8,10,15H,3,6,9,11H2,(H,20,21)/t15-/m0/s1. The van der Waals surface area contributed by atoms with Crippen LogP contribution in [0.5, 0.6) is 5.75 Å². The summed E-state index contributed by atoms with van der Waals surface area (Å²) >= 11 is 0. The van der Waals surface area contributed by atoms with E-state index in [-0.39, 0.29) is 12.5 Å². The molecule has 2 aromatic rings. The molecule has 114 valence electrons. The number of carboxylic acids is 1. The molecule has 0 spiro atoms. The number of ether oxygens (including phenoxy) is 1. The van der Waals surface area contributed by atoms with E-state index in [1.807, 2.05) is 42.5 Å². The summed E-state index contributed by atoms with van der Waals surface area (Å²) in [7, 11) is 0. The highest BCUT2D eigenvalue weighted by Crippen LogP contribution is 2.21. The van der Waals surface area contributed by atoms with Crippen LogP contribution in [0.4, 0.5) is 0 Å². The molecule has 1 aliphatic heterocycles. The quantitative estimate of drug-likeness (QED) is 0.940. The van der Waals surface area contributed by atoms with Crippen LogP contribution in [0.2, 0.25) is 0 Å². The van der Waals surface area contributed by atoms with Gasteiger partial charge >= 0.3 is 5.97 Å². The van der Waals surface area contributed by atoms with Crippen molar-refractivity contribution in [2.45, 2.75) is 18.9 Å². The first-order valence-corrected chi connectivity index (χ1v) is 7.29. The molecular weight excluding hydrogens is 282 g/mol. The number of hydrogen-bond donors (Lipinski definition) is 1. The number of rotatable bonds is 4. The van der Waals surface area contributed by atoms with Gasteiger partial charge in [-0.1, -0.05) is 30.3 Å². The second-order valence-corrected chi connectivity index (χ2v) is 5.38. The maximum absolute atomic E-state index is 12.1. The van der Waals surface area contributed by atoms with Gasteiger partial charge in [0.1, 0.15) is 11.8 Å². The lowest BCUT2D eigenvalue weighted by atomic mass is 10.1. The normalized spacial score (nSPS) is 17.6. The van der Waals surface area contributed by atoms with Gasteiger partial charge in [0.05, 0.1) is 0 Å². The molecule has 1 aliphatic rings. The summed E-state index contributed by atoms with van der Waals surface area (Å²) in [6.45, 7) is 0.346. The average molecular weight is 299 g/mol. The SMILES string of the molecule is O=C(O)[C@@H]1CCCN1C(=O)COc1ccc2ccccc2c1. The zero-order chi connectivity index (χ0) is 15.5. The van der Waals surface area contributed by atoms with Crippen molar-refractivity contribution in [1.82, 2.24) is 4.90 Å². The number of hydrogen-bond acceptors (Lipinski definition) is 3. The summed E-state index contributed by atoms with van der Waals surface area (Å²) < 4.78 is 5.53. The lowest BCUT2D eigenvalue weighted by Crippen LogP contribution is -2.42. The molecule has 0 saturated carbocycles. The molecule has 2 aromatic carbocycles. The molecule has 0 bridgehead atoms. The number of nitrogens with zero attached hydrogens (tertiary/aromatic N) is 1. The van der Waals surface area contributed by atoms with E-state index < -0.39 is 12.0 Å². The molecule has 1 atom stereocenters. The van der Waals surface area contributed by atoms with E-state index >= 15 is 0 Å². The van der Waals surface area contributed by atoms with Crippen molar-refractivity contribution in [2.24, 2.45) is 0 Å². The summed E-state index contributed by atoms with van der Waals surface area (Å²) in [4.78, 5) is 24.6.